The number of hydrogen-bond donors (Lipinski definition) is 3. The molecule has 0 radical (unpaired) electrons. The molecule has 0 rings (SSSR count). The van der Waals surface area contributed by atoms with Crippen LogP contribution in [0.5, 0.6) is 0 Å². The number of unbranched alkanes of at least 4 members (excludes halogenated alkanes) is 58. The minimum atomic E-state index is -0.659. The van der Waals surface area contributed by atoms with Gasteiger partial charge in [-0.1, -0.05) is 386 Å². The quantitative estimate of drug-likeness (QED) is 0.0417. The number of carbonyl (C=O) groups excluding carboxylic acids is 2. The third kappa shape index (κ3) is 64.0. The molecule has 3 N–H and O–H groups in total. The van der Waals surface area contributed by atoms with Gasteiger partial charge in [-0.15, -0.1) is 0 Å². The smallest absolute Gasteiger partial charge is 0.305 e. The van der Waals surface area contributed by atoms with E-state index in [4.69, 9.17) is 4.74 Å². The number of aliphatic hydroxyl groups excluding tert-OH is 2. The van der Waals surface area contributed by atoms with Crippen LogP contribution in [0.1, 0.15) is 425 Å². The van der Waals surface area contributed by atoms with Gasteiger partial charge in [-0.3, -0.25) is 9.59 Å². The SMILES string of the molecule is CCCCCCCCCCCCCCCCCCCCCC(=O)OCCCCCCCCCCCCCCCCCCCCCCCCCCCCCCCCC(=O)NC(CO)C(O)CCCCCCCCCCCCCC. The van der Waals surface area contributed by atoms with Crippen LogP contribution in [0.15, 0.2) is 0 Å². The van der Waals surface area contributed by atoms with E-state index in [9.17, 15) is 19.8 Å². The van der Waals surface area contributed by atoms with Crippen molar-refractivity contribution in [3.63, 3.8) is 0 Å². The zero-order valence-corrected chi connectivity index (χ0v) is 53.4. The minimum Gasteiger partial charge on any atom is -0.466 e. The topological polar surface area (TPSA) is 95.9 Å². The summed E-state index contributed by atoms with van der Waals surface area (Å²) < 4.78 is 5.52. The molecule has 0 heterocycles. The van der Waals surface area contributed by atoms with Crippen LogP contribution in [0.2, 0.25) is 0 Å². The van der Waals surface area contributed by atoms with Crippen molar-refractivity contribution in [2.24, 2.45) is 0 Å². The van der Waals surface area contributed by atoms with Crippen molar-refractivity contribution in [3.05, 3.63) is 0 Å². The van der Waals surface area contributed by atoms with Crippen molar-refractivity contribution in [3.8, 4) is 0 Å². The van der Waals surface area contributed by atoms with Gasteiger partial charge in [0, 0.05) is 12.8 Å². The summed E-state index contributed by atoms with van der Waals surface area (Å²) in [5.74, 6) is -0.00250. The summed E-state index contributed by atoms with van der Waals surface area (Å²) in [5, 5.41) is 23.3. The molecule has 0 saturated carbocycles. The van der Waals surface area contributed by atoms with Crippen LogP contribution in [-0.2, 0) is 14.3 Å². The molecule has 0 aliphatic rings. The Bertz CT molecular complexity index is 1130. The highest BCUT2D eigenvalue weighted by Gasteiger charge is 2.20. The molecule has 0 aromatic rings. The van der Waals surface area contributed by atoms with E-state index >= 15 is 0 Å². The van der Waals surface area contributed by atoms with Gasteiger partial charge in [-0.2, -0.15) is 0 Å². The lowest BCUT2D eigenvalue weighted by molar-refractivity contribution is -0.143. The Kier molecular flexibility index (Phi) is 67.4. The number of ether oxygens (including phenoxy) is 1. The van der Waals surface area contributed by atoms with E-state index in [0.717, 1.165) is 38.5 Å². The zero-order valence-electron chi connectivity index (χ0n) is 53.4. The van der Waals surface area contributed by atoms with Crippen molar-refractivity contribution >= 4 is 11.9 Å². The van der Waals surface area contributed by atoms with Crippen LogP contribution in [0.4, 0.5) is 0 Å². The van der Waals surface area contributed by atoms with E-state index in [1.807, 2.05) is 0 Å². The summed E-state index contributed by atoms with van der Waals surface area (Å²) in [7, 11) is 0. The molecule has 466 valence electrons. The first kappa shape index (κ1) is 76.9. The summed E-state index contributed by atoms with van der Waals surface area (Å²) in [5.41, 5.74) is 0. The van der Waals surface area contributed by atoms with Crippen molar-refractivity contribution in [1.82, 2.24) is 5.32 Å². The number of esters is 1. The van der Waals surface area contributed by atoms with Gasteiger partial charge >= 0.3 is 5.97 Å². The van der Waals surface area contributed by atoms with Gasteiger partial charge in [-0.05, 0) is 25.7 Å². The van der Waals surface area contributed by atoms with Gasteiger partial charge in [0.1, 0.15) is 0 Å². The van der Waals surface area contributed by atoms with E-state index in [-0.39, 0.29) is 18.5 Å². The van der Waals surface area contributed by atoms with E-state index in [0.29, 0.717) is 25.9 Å². The Hall–Kier alpha value is -1.14. The molecule has 0 fully saturated rings. The lowest BCUT2D eigenvalue weighted by Crippen LogP contribution is -2.45. The first-order valence-corrected chi connectivity index (χ1v) is 36.3. The van der Waals surface area contributed by atoms with Gasteiger partial charge in [-0.25, -0.2) is 0 Å². The first-order valence-electron chi connectivity index (χ1n) is 36.3. The second-order valence-corrected chi connectivity index (χ2v) is 25.3. The van der Waals surface area contributed by atoms with E-state index in [1.165, 1.54) is 353 Å². The Morgan fingerprint density at radius 1 is 0.308 bits per heavy atom. The highest BCUT2D eigenvalue weighted by molar-refractivity contribution is 5.76. The summed E-state index contributed by atoms with van der Waals surface area (Å²) in [6.45, 7) is 5.00. The second-order valence-electron chi connectivity index (χ2n) is 25.3. The molecule has 1 amide bonds. The molecule has 0 aliphatic carbocycles. The first-order chi connectivity index (χ1) is 38.5. The summed E-state index contributed by atoms with van der Waals surface area (Å²) in [6.07, 6.45) is 83.2. The number of rotatable bonds is 69. The number of hydrogen-bond acceptors (Lipinski definition) is 5. The van der Waals surface area contributed by atoms with Gasteiger partial charge < -0.3 is 20.3 Å². The van der Waals surface area contributed by atoms with E-state index in [1.54, 1.807) is 0 Å². The third-order valence-electron chi connectivity index (χ3n) is 17.4. The molecule has 0 bridgehead atoms. The van der Waals surface area contributed by atoms with Crippen molar-refractivity contribution in [2.75, 3.05) is 13.2 Å². The third-order valence-corrected chi connectivity index (χ3v) is 17.4. The molecule has 0 spiro atoms. The molecule has 0 aliphatic heterocycles. The fraction of sp³-hybridized carbons (Fsp3) is 0.972. The Balaban J connectivity index is 3.28. The normalized spacial score (nSPS) is 12.4. The van der Waals surface area contributed by atoms with Crippen molar-refractivity contribution in [1.29, 1.82) is 0 Å². The monoisotopic (exact) mass is 1100 g/mol. The maximum absolute atomic E-state index is 12.5. The molecular weight excluding hydrogens is 959 g/mol. The Morgan fingerprint density at radius 3 is 0.782 bits per heavy atom. The van der Waals surface area contributed by atoms with Gasteiger partial charge in [0.15, 0.2) is 0 Å². The summed E-state index contributed by atoms with van der Waals surface area (Å²) >= 11 is 0. The number of carbonyl (C=O) groups is 2. The van der Waals surface area contributed by atoms with Crippen LogP contribution in [0.3, 0.4) is 0 Å². The highest BCUT2D eigenvalue weighted by Crippen LogP contribution is 2.20. The number of amides is 1. The molecule has 6 heteroatoms. The van der Waals surface area contributed by atoms with Crippen LogP contribution in [0.25, 0.3) is 0 Å². The van der Waals surface area contributed by atoms with E-state index < -0.39 is 12.1 Å². The lowest BCUT2D eigenvalue weighted by Gasteiger charge is -2.22. The summed E-state index contributed by atoms with van der Waals surface area (Å²) in [6, 6.07) is -0.536. The van der Waals surface area contributed by atoms with Gasteiger partial charge in [0.05, 0.1) is 25.4 Å². The summed E-state index contributed by atoms with van der Waals surface area (Å²) in [4.78, 5) is 24.6. The molecule has 2 atom stereocenters. The molecule has 78 heavy (non-hydrogen) atoms. The van der Waals surface area contributed by atoms with Crippen molar-refractivity contribution in [2.45, 2.75) is 437 Å². The second kappa shape index (κ2) is 68.4. The molecule has 2 unspecified atom stereocenters. The average Bonchev–Trinajstić information content (AvgIpc) is 3.44. The average molecular weight is 1100 g/mol. The van der Waals surface area contributed by atoms with Gasteiger partial charge in [0.25, 0.3) is 0 Å². The minimum absolute atomic E-state index is 0.0261. The molecular formula is C72H143NO5. The number of nitrogens with one attached hydrogen (secondary N) is 1. The Morgan fingerprint density at radius 2 is 0.526 bits per heavy atom. The van der Waals surface area contributed by atoms with E-state index in [2.05, 4.69) is 19.2 Å². The fourth-order valence-corrected chi connectivity index (χ4v) is 11.9. The van der Waals surface area contributed by atoms with Crippen LogP contribution < -0.4 is 5.32 Å². The maximum Gasteiger partial charge on any atom is 0.305 e. The van der Waals surface area contributed by atoms with Crippen LogP contribution in [0, 0.1) is 0 Å². The number of aliphatic hydroxyl groups is 2. The molecule has 0 aromatic heterocycles. The zero-order chi connectivity index (χ0) is 56.4. The maximum atomic E-state index is 12.5. The van der Waals surface area contributed by atoms with Crippen LogP contribution in [-0.4, -0.2) is 47.4 Å². The lowest BCUT2D eigenvalue weighted by atomic mass is 10.0. The predicted molar refractivity (Wildman–Crippen MR) is 343 cm³/mol. The van der Waals surface area contributed by atoms with Gasteiger partial charge in [0.2, 0.25) is 5.91 Å². The van der Waals surface area contributed by atoms with Crippen LogP contribution >= 0.6 is 0 Å². The Labute approximate surface area is 489 Å². The predicted octanol–water partition coefficient (Wildman–Crippen LogP) is 23.4. The standard InChI is InChI=1S/C72H143NO5/c1-3-5-7-9-11-13-15-17-18-19-32-36-39-42-46-50-54-58-62-66-72(77)78-67-63-59-55-51-47-43-40-37-34-31-29-27-25-23-21-20-22-24-26-28-30-33-35-38-41-45-49-53-57-61-65-71(76)73-69(68-74)70(75)64-60-56-52-48-44-16-14-12-10-8-6-4-2/h69-70,74-75H,3-68H2,1-2H3,(H,73,76). The largest absolute Gasteiger partial charge is 0.466 e. The fourth-order valence-electron chi connectivity index (χ4n) is 11.9. The molecule has 0 aromatic carbocycles. The van der Waals surface area contributed by atoms with Crippen molar-refractivity contribution < 1.29 is 24.5 Å². The molecule has 6 nitrogen and oxygen atoms in total. The molecule has 0 saturated heterocycles. The highest BCUT2D eigenvalue weighted by atomic mass is 16.5.